The third-order valence-corrected chi connectivity index (χ3v) is 4.21. The molecular weight excluding hydrogens is 342 g/mol. The Bertz CT molecular complexity index is 876. The number of alkyl halides is 2. The van der Waals surface area contributed by atoms with Crippen LogP contribution in [0, 0.1) is 0 Å². The molecule has 0 saturated heterocycles. The Kier molecular flexibility index (Phi) is 4.83. The maximum absolute atomic E-state index is 13.2. The minimum Gasteiger partial charge on any atom is -0.326 e. The number of anilines is 2. The SMILES string of the molecule is C=CC(=O)N(Cc1cn(C)nc1C(F)F)c1ccc2c(c1)CCC(=O)N2. The topological polar surface area (TPSA) is 67.2 Å². The van der Waals surface area contributed by atoms with Gasteiger partial charge in [-0.2, -0.15) is 5.10 Å². The fourth-order valence-electron chi connectivity index (χ4n) is 2.97. The highest BCUT2D eigenvalue weighted by molar-refractivity contribution is 6.01. The lowest BCUT2D eigenvalue weighted by atomic mass is 10.0. The number of aromatic nitrogens is 2. The predicted molar refractivity (Wildman–Crippen MR) is 92.9 cm³/mol. The van der Waals surface area contributed by atoms with Crippen LogP contribution in [0.1, 0.15) is 29.7 Å². The largest absolute Gasteiger partial charge is 0.326 e. The van der Waals surface area contributed by atoms with E-state index in [1.807, 2.05) is 0 Å². The summed E-state index contributed by atoms with van der Waals surface area (Å²) in [5.74, 6) is -0.463. The van der Waals surface area contributed by atoms with Gasteiger partial charge >= 0.3 is 0 Å². The van der Waals surface area contributed by atoms with E-state index in [9.17, 15) is 18.4 Å². The van der Waals surface area contributed by atoms with Crippen LogP contribution in [0.3, 0.4) is 0 Å². The summed E-state index contributed by atoms with van der Waals surface area (Å²) in [5, 5.41) is 6.55. The van der Waals surface area contributed by atoms with Crippen LogP contribution in [0.2, 0.25) is 0 Å². The van der Waals surface area contributed by atoms with Crippen LogP contribution in [-0.2, 0) is 29.6 Å². The van der Waals surface area contributed by atoms with E-state index in [2.05, 4.69) is 17.0 Å². The zero-order valence-electron chi connectivity index (χ0n) is 14.2. The van der Waals surface area contributed by atoms with Gasteiger partial charge in [-0.25, -0.2) is 8.78 Å². The van der Waals surface area contributed by atoms with E-state index in [4.69, 9.17) is 0 Å². The Morgan fingerprint density at radius 2 is 2.23 bits per heavy atom. The average molecular weight is 360 g/mol. The smallest absolute Gasteiger partial charge is 0.282 e. The molecule has 2 aromatic rings. The quantitative estimate of drug-likeness (QED) is 0.834. The van der Waals surface area contributed by atoms with Gasteiger partial charge in [0.25, 0.3) is 12.3 Å². The lowest BCUT2D eigenvalue weighted by molar-refractivity contribution is -0.116. The Labute approximate surface area is 149 Å². The monoisotopic (exact) mass is 360 g/mol. The number of rotatable bonds is 5. The molecule has 136 valence electrons. The molecule has 3 rings (SSSR count). The summed E-state index contributed by atoms with van der Waals surface area (Å²) in [6, 6.07) is 5.17. The molecule has 8 heteroatoms. The van der Waals surface area contributed by atoms with E-state index in [0.717, 1.165) is 11.6 Å². The molecule has 1 aliphatic rings. The molecule has 0 aliphatic carbocycles. The highest BCUT2D eigenvalue weighted by Gasteiger charge is 2.23. The number of carbonyl (C=O) groups is 2. The zero-order chi connectivity index (χ0) is 18.8. The van der Waals surface area contributed by atoms with Crippen LogP contribution < -0.4 is 10.2 Å². The molecule has 2 amide bonds. The van der Waals surface area contributed by atoms with Crippen molar-refractivity contribution in [2.24, 2.45) is 7.05 Å². The first kappa shape index (κ1) is 17.8. The number of amides is 2. The molecule has 0 unspecified atom stereocenters. The maximum Gasteiger partial charge on any atom is 0.282 e. The fraction of sp³-hybridized carbons (Fsp3) is 0.278. The van der Waals surface area contributed by atoms with Gasteiger partial charge in [0.2, 0.25) is 5.91 Å². The first-order chi connectivity index (χ1) is 12.4. The van der Waals surface area contributed by atoms with E-state index < -0.39 is 12.3 Å². The fourth-order valence-corrected chi connectivity index (χ4v) is 2.97. The van der Waals surface area contributed by atoms with Crippen LogP contribution in [0.15, 0.2) is 37.1 Å². The van der Waals surface area contributed by atoms with E-state index in [1.54, 1.807) is 25.2 Å². The van der Waals surface area contributed by atoms with Crippen molar-refractivity contribution < 1.29 is 18.4 Å². The standard InChI is InChI=1S/C18H18F2N4O2/c1-3-16(26)24(10-12-9-23(2)22-17(12)18(19)20)13-5-6-14-11(8-13)4-7-15(25)21-14/h3,5-6,8-9,18H,1,4,7,10H2,2H3,(H,21,25). The average Bonchev–Trinajstić information content (AvgIpc) is 2.99. The third-order valence-electron chi connectivity index (χ3n) is 4.21. The normalized spacial score (nSPS) is 13.3. The second-order valence-electron chi connectivity index (χ2n) is 6.03. The zero-order valence-corrected chi connectivity index (χ0v) is 14.2. The minimum atomic E-state index is -2.73. The molecule has 0 fully saturated rings. The van der Waals surface area contributed by atoms with Gasteiger partial charge in [-0.05, 0) is 36.3 Å². The molecule has 2 heterocycles. The van der Waals surface area contributed by atoms with Crippen molar-refractivity contribution in [3.05, 3.63) is 53.9 Å². The van der Waals surface area contributed by atoms with Gasteiger partial charge in [0.15, 0.2) is 0 Å². The van der Waals surface area contributed by atoms with E-state index in [0.29, 0.717) is 24.2 Å². The van der Waals surface area contributed by atoms with Gasteiger partial charge < -0.3 is 10.2 Å². The Hall–Kier alpha value is -3.03. The number of fused-ring (bicyclic) bond motifs is 1. The molecule has 1 aliphatic heterocycles. The molecule has 6 nitrogen and oxygen atoms in total. The molecule has 0 atom stereocenters. The van der Waals surface area contributed by atoms with Gasteiger partial charge in [-0.1, -0.05) is 6.58 Å². The molecule has 1 aromatic carbocycles. The second kappa shape index (κ2) is 7.07. The Morgan fingerprint density at radius 1 is 1.46 bits per heavy atom. The molecular formula is C18H18F2N4O2. The number of halogens is 2. The lowest BCUT2D eigenvalue weighted by Crippen LogP contribution is -2.29. The summed E-state index contributed by atoms with van der Waals surface area (Å²) in [7, 11) is 1.55. The number of hydrogen-bond acceptors (Lipinski definition) is 3. The highest BCUT2D eigenvalue weighted by Crippen LogP contribution is 2.30. The van der Waals surface area contributed by atoms with Gasteiger partial charge in [0, 0.05) is 36.6 Å². The van der Waals surface area contributed by atoms with Gasteiger partial charge in [-0.15, -0.1) is 0 Å². The minimum absolute atomic E-state index is 0.0521. The second-order valence-corrected chi connectivity index (χ2v) is 6.03. The number of aryl methyl sites for hydroxylation is 2. The van der Waals surface area contributed by atoms with Crippen LogP contribution in [-0.4, -0.2) is 21.6 Å². The lowest BCUT2D eigenvalue weighted by Gasteiger charge is -2.24. The third kappa shape index (κ3) is 3.49. The van der Waals surface area contributed by atoms with Crippen LogP contribution in [0.25, 0.3) is 0 Å². The highest BCUT2D eigenvalue weighted by atomic mass is 19.3. The number of hydrogen-bond donors (Lipinski definition) is 1. The summed E-state index contributed by atoms with van der Waals surface area (Å²) in [5.41, 5.74) is 2.06. The Balaban J connectivity index is 1.96. The van der Waals surface area contributed by atoms with Crippen molar-refractivity contribution in [2.45, 2.75) is 25.8 Å². The number of benzene rings is 1. The van der Waals surface area contributed by atoms with Crippen molar-refractivity contribution in [3.63, 3.8) is 0 Å². The summed E-state index contributed by atoms with van der Waals surface area (Å²) >= 11 is 0. The van der Waals surface area contributed by atoms with Crippen molar-refractivity contribution in [2.75, 3.05) is 10.2 Å². The molecule has 26 heavy (non-hydrogen) atoms. The number of nitrogens with one attached hydrogen (secondary N) is 1. The number of nitrogens with zero attached hydrogens (tertiary/aromatic N) is 3. The van der Waals surface area contributed by atoms with Crippen molar-refractivity contribution >= 4 is 23.2 Å². The van der Waals surface area contributed by atoms with Gasteiger partial charge in [0.1, 0.15) is 5.69 Å². The summed E-state index contributed by atoms with van der Waals surface area (Å²) in [6.07, 6.45) is 0.804. The maximum atomic E-state index is 13.2. The summed E-state index contributed by atoms with van der Waals surface area (Å²) in [4.78, 5) is 25.2. The molecule has 0 spiro atoms. The molecule has 1 aromatic heterocycles. The first-order valence-electron chi connectivity index (χ1n) is 8.06. The summed E-state index contributed by atoms with van der Waals surface area (Å²) < 4.78 is 27.7. The van der Waals surface area contributed by atoms with Crippen molar-refractivity contribution in [3.8, 4) is 0 Å². The van der Waals surface area contributed by atoms with Crippen LogP contribution in [0.5, 0.6) is 0 Å². The van der Waals surface area contributed by atoms with Gasteiger partial charge in [-0.3, -0.25) is 14.3 Å². The van der Waals surface area contributed by atoms with Crippen LogP contribution >= 0.6 is 0 Å². The number of carbonyl (C=O) groups excluding carboxylic acids is 2. The van der Waals surface area contributed by atoms with Crippen molar-refractivity contribution in [1.82, 2.24) is 9.78 Å². The van der Waals surface area contributed by atoms with Crippen LogP contribution in [0.4, 0.5) is 20.2 Å². The van der Waals surface area contributed by atoms with E-state index in [-0.39, 0.29) is 23.7 Å². The predicted octanol–water partition coefficient (Wildman–Crippen LogP) is 2.96. The van der Waals surface area contributed by atoms with Crippen molar-refractivity contribution in [1.29, 1.82) is 0 Å². The Morgan fingerprint density at radius 3 is 2.92 bits per heavy atom. The first-order valence-corrected chi connectivity index (χ1v) is 8.06. The van der Waals surface area contributed by atoms with E-state index in [1.165, 1.54) is 15.8 Å². The molecule has 0 saturated carbocycles. The van der Waals surface area contributed by atoms with E-state index >= 15 is 0 Å². The summed E-state index contributed by atoms with van der Waals surface area (Å²) in [6.45, 7) is 3.44. The molecule has 0 radical (unpaired) electrons. The van der Waals surface area contributed by atoms with Gasteiger partial charge in [0.05, 0.1) is 6.54 Å². The molecule has 1 N–H and O–H groups in total. The molecule has 0 bridgehead atoms.